The summed E-state index contributed by atoms with van der Waals surface area (Å²) in [6.45, 7) is 3.49. The third-order valence-corrected chi connectivity index (χ3v) is 5.35. The summed E-state index contributed by atoms with van der Waals surface area (Å²) >= 11 is 6.65. The van der Waals surface area contributed by atoms with Crippen LogP contribution in [0.5, 0.6) is 0 Å². The largest absolute Gasteiger partial charge is 0.296 e. The van der Waals surface area contributed by atoms with E-state index in [0.717, 1.165) is 11.3 Å². The molecular formula is C12H11ClN4O3S2. The Labute approximate surface area is 136 Å². The first-order valence-electron chi connectivity index (χ1n) is 5.94. The minimum atomic E-state index is -3.76. The molecule has 2 rings (SSSR count). The first-order valence-corrected chi connectivity index (χ1v) is 8.62. The lowest BCUT2D eigenvalue weighted by atomic mass is 10.2. The lowest BCUT2D eigenvalue weighted by Gasteiger charge is -2.02. The van der Waals surface area contributed by atoms with E-state index in [0.29, 0.717) is 0 Å². The lowest BCUT2D eigenvalue weighted by molar-refractivity contribution is 0.102. The van der Waals surface area contributed by atoms with E-state index in [2.05, 4.69) is 26.8 Å². The summed E-state index contributed by atoms with van der Waals surface area (Å²) in [5, 5.41) is 9.98. The third kappa shape index (κ3) is 3.89. The highest BCUT2D eigenvalue weighted by Gasteiger charge is 2.20. The number of nitrogens with zero attached hydrogens (tertiary/aromatic N) is 2. The van der Waals surface area contributed by atoms with Crippen molar-refractivity contribution in [2.45, 2.75) is 4.34 Å². The van der Waals surface area contributed by atoms with Crippen LogP contribution in [0, 0.1) is 0 Å². The number of anilines is 1. The van der Waals surface area contributed by atoms with Crippen LogP contribution in [0.4, 0.5) is 5.13 Å². The summed E-state index contributed by atoms with van der Waals surface area (Å²) in [7, 11) is -3.76. The Morgan fingerprint density at radius 2 is 2.09 bits per heavy atom. The van der Waals surface area contributed by atoms with Gasteiger partial charge in [-0.1, -0.05) is 41.1 Å². The van der Waals surface area contributed by atoms with Crippen molar-refractivity contribution in [2.75, 3.05) is 11.9 Å². The van der Waals surface area contributed by atoms with Gasteiger partial charge in [0.2, 0.25) is 9.47 Å². The van der Waals surface area contributed by atoms with E-state index in [4.69, 9.17) is 11.6 Å². The smallest absolute Gasteiger partial charge is 0.270 e. The molecule has 0 aliphatic rings. The van der Waals surface area contributed by atoms with Gasteiger partial charge >= 0.3 is 0 Å². The molecule has 1 heterocycles. The molecular weight excluding hydrogens is 348 g/mol. The zero-order valence-corrected chi connectivity index (χ0v) is 13.5. The third-order valence-electron chi connectivity index (χ3n) is 2.39. The Kier molecular flexibility index (Phi) is 5.24. The second-order valence-electron chi connectivity index (χ2n) is 3.95. The Bertz CT molecular complexity index is 804. The minimum Gasteiger partial charge on any atom is -0.296 e. The molecule has 0 aliphatic heterocycles. The number of hydrogen-bond donors (Lipinski definition) is 2. The van der Waals surface area contributed by atoms with Gasteiger partial charge in [-0.15, -0.1) is 16.8 Å². The zero-order chi connectivity index (χ0) is 16.2. The summed E-state index contributed by atoms with van der Waals surface area (Å²) in [4.78, 5) is 12.0. The molecule has 1 aromatic heterocycles. The molecule has 10 heteroatoms. The van der Waals surface area contributed by atoms with Gasteiger partial charge in [0.15, 0.2) is 0 Å². The molecule has 2 aromatic rings. The van der Waals surface area contributed by atoms with Gasteiger partial charge in [-0.3, -0.25) is 10.1 Å². The summed E-state index contributed by atoms with van der Waals surface area (Å²) < 4.78 is 25.7. The molecule has 0 spiro atoms. The fourth-order valence-electron chi connectivity index (χ4n) is 1.41. The fraction of sp³-hybridized carbons (Fsp3) is 0.0833. The number of rotatable bonds is 6. The molecule has 0 unspecified atom stereocenters. The number of aromatic nitrogens is 2. The highest BCUT2D eigenvalue weighted by Crippen LogP contribution is 2.22. The Balaban J connectivity index is 2.14. The van der Waals surface area contributed by atoms with E-state index in [1.807, 2.05) is 0 Å². The predicted octanol–water partition coefficient (Wildman–Crippen LogP) is 1.91. The van der Waals surface area contributed by atoms with Gasteiger partial charge in [-0.05, 0) is 12.1 Å². The first-order chi connectivity index (χ1) is 10.4. The minimum absolute atomic E-state index is 0.0592. The molecule has 7 nitrogen and oxygen atoms in total. The summed E-state index contributed by atoms with van der Waals surface area (Å²) in [5.41, 5.74) is 0.258. The van der Waals surface area contributed by atoms with Crippen molar-refractivity contribution in [1.82, 2.24) is 14.9 Å². The van der Waals surface area contributed by atoms with Crippen molar-refractivity contribution in [3.63, 3.8) is 0 Å². The lowest BCUT2D eigenvalue weighted by Crippen LogP contribution is -2.23. The summed E-state index contributed by atoms with van der Waals surface area (Å²) in [6.07, 6.45) is 1.40. The maximum atomic E-state index is 12.0. The molecule has 0 radical (unpaired) electrons. The maximum absolute atomic E-state index is 12.0. The fourth-order valence-corrected chi connectivity index (χ4v) is 3.56. The zero-order valence-electron chi connectivity index (χ0n) is 11.1. The average molecular weight is 359 g/mol. The number of nitrogens with one attached hydrogen (secondary N) is 2. The van der Waals surface area contributed by atoms with Crippen molar-refractivity contribution in [3.05, 3.63) is 47.5 Å². The monoisotopic (exact) mass is 358 g/mol. The Hall–Kier alpha value is -1.81. The number of hydrogen-bond acceptors (Lipinski definition) is 6. The topological polar surface area (TPSA) is 101 Å². The quantitative estimate of drug-likeness (QED) is 0.606. The van der Waals surface area contributed by atoms with E-state index in [1.165, 1.54) is 6.08 Å². The normalized spacial score (nSPS) is 11.1. The number of amides is 1. The second-order valence-corrected chi connectivity index (χ2v) is 7.27. The van der Waals surface area contributed by atoms with E-state index in [-0.39, 0.29) is 26.6 Å². The number of halogens is 1. The molecule has 0 fully saturated rings. The van der Waals surface area contributed by atoms with E-state index >= 15 is 0 Å². The van der Waals surface area contributed by atoms with Crippen molar-refractivity contribution >= 4 is 44.0 Å². The van der Waals surface area contributed by atoms with Gasteiger partial charge in [0.05, 0.1) is 10.6 Å². The number of sulfonamides is 1. The summed E-state index contributed by atoms with van der Waals surface area (Å²) in [6, 6.07) is 6.48. The number of carbonyl (C=O) groups excluding carboxylic acids is 1. The van der Waals surface area contributed by atoms with Crippen LogP contribution >= 0.6 is 22.9 Å². The van der Waals surface area contributed by atoms with Crippen LogP contribution in [-0.4, -0.2) is 31.1 Å². The van der Waals surface area contributed by atoms with E-state index < -0.39 is 15.9 Å². The van der Waals surface area contributed by atoms with Crippen LogP contribution in [0.25, 0.3) is 0 Å². The van der Waals surface area contributed by atoms with Gasteiger partial charge in [-0.2, -0.15) is 0 Å². The van der Waals surface area contributed by atoms with Gasteiger partial charge in [-0.25, -0.2) is 13.1 Å². The van der Waals surface area contributed by atoms with Crippen molar-refractivity contribution < 1.29 is 13.2 Å². The van der Waals surface area contributed by atoms with Crippen LogP contribution in [0.15, 0.2) is 41.3 Å². The van der Waals surface area contributed by atoms with Crippen LogP contribution in [0.3, 0.4) is 0 Å². The molecule has 0 atom stereocenters. The van der Waals surface area contributed by atoms with Gasteiger partial charge in [0.1, 0.15) is 0 Å². The standard InChI is InChI=1S/C12H11ClN4O3S2/c1-2-7-14-22(19,20)12-17-16-11(21-12)15-10(18)8-5-3-4-6-9(8)13/h2-6,14H,1,7H2,(H,15,16,18). The Morgan fingerprint density at radius 3 is 2.77 bits per heavy atom. The van der Waals surface area contributed by atoms with Gasteiger partial charge in [0, 0.05) is 6.54 Å². The van der Waals surface area contributed by atoms with Crippen LogP contribution in [0.1, 0.15) is 10.4 Å². The maximum Gasteiger partial charge on any atom is 0.270 e. The van der Waals surface area contributed by atoms with Gasteiger partial charge < -0.3 is 0 Å². The second kappa shape index (κ2) is 6.97. The average Bonchev–Trinajstić information content (AvgIpc) is 2.95. The molecule has 2 N–H and O–H groups in total. The SMILES string of the molecule is C=CCNS(=O)(=O)c1nnc(NC(=O)c2ccccc2Cl)s1. The molecule has 0 bridgehead atoms. The molecule has 22 heavy (non-hydrogen) atoms. The highest BCUT2D eigenvalue weighted by molar-refractivity contribution is 7.91. The van der Waals surface area contributed by atoms with Crippen LogP contribution in [0.2, 0.25) is 5.02 Å². The van der Waals surface area contributed by atoms with Crippen LogP contribution in [-0.2, 0) is 10.0 Å². The van der Waals surface area contributed by atoms with Crippen molar-refractivity contribution in [3.8, 4) is 0 Å². The van der Waals surface area contributed by atoms with E-state index in [1.54, 1.807) is 24.3 Å². The highest BCUT2D eigenvalue weighted by atomic mass is 35.5. The first kappa shape index (κ1) is 16.6. The van der Waals surface area contributed by atoms with Gasteiger partial charge in [0.25, 0.3) is 15.9 Å². The molecule has 0 aliphatic carbocycles. The van der Waals surface area contributed by atoms with E-state index in [9.17, 15) is 13.2 Å². The predicted molar refractivity (Wildman–Crippen MR) is 84.7 cm³/mol. The summed E-state index contributed by atoms with van der Waals surface area (Å²) in [5.74, 6) is -0.496. The van der Waals surface area contributed by atoms with Crippen LogP contribution < -0.4 is 10.0 Å². The Morgan fingerprint density at radius 1 is 1.36 bits per heavy atom. The molecule has 1 aromatic carbocycles. The number of benzene rings is 1. The van der Waals surface area contributed by atoms with Crippen molar-refractivity contribution in [1.29, 1.82) is 0 Å². The molecule has 116 valence electrons. The number of carbonyl (C=O) groups is 1. The molecule has 0 saturated carbocycles. The molecule has 0 saturated heterocycles. The molecule has 1 amide bonds. The van der Waals surface area contributed by atoms with Crippen molar-refractivity contribution in [2.24, 2.45) is 0 Å².